The van der Waals surface area contributed by atoms with Gasteiger partial charge in [0.2, 0.25) is 0 Å². The smallest absolute Gasteiger partial charge is 0.416 e. The van der Waals surface area contributed by atoms with Crippen LogP contribution in [0.1, 0.15) is 28.6 Å². The second-order valence-corrected chi connectivity index (χ2v) is 7.89. The number of halogens is 3. The molecule has 11 heteroatoms. The van der Waals surface area contributed by atoms with Gasteiger partial charge in [-0.3, -0.25) is 19.8 Å². The lowest BCUT2D eigenvalue weighted by Gasteiger charge is -2.29. The van der Waals surface area contributed by atoms with Crippen LogP contribution in [0.5, 0.6) is 0 Å². The molecule has 1 aliphatic heterocycles. The molecule has 0 unspecified atom stereocenters. The van der Waals surface area contributed by atoms with E-state index >= 15 is 0 Å². The molecule has 2 heterocycles. The molecule has 1 aromatic heterocycles. The third-order valence-corrected chi connectivity index (χ3v) is 5.41. The van der Waals surface area contributed by atoms with Crippen LogP contribution in [-0.4, -0.2) is 29.5 Å². The summed E-state index contributed by atoms with van der Waals surface area (Å²) < 4.78 is 50.1. The zero-order valence-electron chi connectivity index (χ0n) is 18.6. The van der Waals surface area contributed by atoms with Gasteiger partial charge in [-0.25, -0.2) is 4.79 Å². The van der Waals surface area contributed by atoms with Crippen LogP contribution in [-0.2, 0) is 20.5 Å². The lowest BCUT2D eigenvalue weighted by Crippen LogP contribution is -2.54. The minimum atomic E-state index is -4.63. The first kappa shape index (κ1) is 24.9. The Bertz CT molecular complexity index is 1390. The number of nitrogens with one attached hydrogen (secondary N) is 1. The van der Waals surface area contributed by atoms with Gasteiger partial charge >= 0.3 is 12.1 Å². The molecule has 0 saturated carbocycles. The molecule has 0 bridgehead atoms. The zero-order valence-corrected chi connectivity index (χ0v) is 19.4. The first-order chi connectivity index (χ1) is 17.1. The topological polar surface area (TPSA) is 88.9 Å². The largest absolute Gasteiger partial charge is 0.462 e. The lowest BCUT2D eigenvalue weighted by molar-refractivity contribution is -0.137. The number of anilines is 1. The van der Waals surface area contributed by atoms with Crippen molar-refractivity contribution in [2.45, 2.75) is 13.1 Å². The zero-order chi connectivity index (χ0) is 26.0. The van der Waals surface area contributed by atoms with Crippen LogP contribution in [0.25, 0.3) is 17.4 Å². The predicted octanol–water partition coefficient (Wildman–Crippen LogP) is 4.97. The van der Waals surface area contributed by atoms with Gasteiger partial charge in [0.1, 0.15) is 17.1 Å². The molecule has 2 amide bonds. The predicted molar refractivity (Wildman–Crippen MR) is 128 cm³/mol. The van der Waals surface area contributed by atoms with Crippen LogP contribution in [0.2, 0.25) is 0 Å². The van der Waals surface area contributed by atoms with Gasteiger partial charge in [-0.15, -0.1) is 0 Å². The Kier molecular flexibility index (Phi) is 6.75. The van der Waals surface area contributed by atoms with Crippen molar-refractivity contribution in [3.8, 4) is 11.3 Å². The van der Waals surface area contributed by atoms with Gasteiger partial charge in [0.15, 0.2) is 5.11 Å². The van der Waals surface area contributed by atoms with E-state index in [-0.39, 0.29) is 28.7 Å². The molecule has 1 fully saturated rings. The normalized spacial score (nSPS) is 15.3. The fourth-order valence-electron chi connectivity index (χ4n) is 3.43. The van der Waals surface area contributed by atoms with E-state index < -0.39 is 29.5 Å². The summed E-state index contributed by atoms with van der Waals surface area (Å²) in [6.07, 6.45) is -3.45. The quantitative estimate of drug-likeness (QED) is 0.224. The van der Waals surface area contributed by atoms with E-state index in [1.807, 2.05) is 0 Å². The summed E-state index contributed by atoms with van der Waals surface area (Å²) in [6.45, 7) is 1.95. The Morgan fingerprint density at radius 2 is 1.83 bits per heavy atom. The molecule has 0 spiro atoms. The van der Waals surface area contributed by atoms with Crippen LogP contribution in [0.4, 0.5) is 18.9 Å². The lowest BCUT2D eigenvalue weighted by atomic mass is 10.1. The number of ether oxygens (including phenoxy) is 1. The van der Waals surface area contributed by atoms with Gasteiger partial charge in [0.05, 0.1) is 23.4 Å². The van der Waals surface area contributed by atoms with Gasteiger partial charge in [-0.2, -0.15) is 13.2 Å². The highest BCUT2D eigenvalue weighted by molar-refractivity contribution is 7.80. The summed E-state index contributed by atoms with van der Waals surface area (Å²) in [6, 6.07) is 13.6. The molecule has 1 aliphatic rings. The third kappa shape index (κ3) is 5.05. The summed E-state index contributed by atoms with van der Waals surface area (Å²) in [5, 5.41) is 1.97. The molecule has 0 aliphatic carbocycles. The molecule has 0 atom stereocenters. The van der Waals surface area contributed by atoms with E-state index in [1.165, 1.54) is 18.2 Å². The van der Waals surface area contributed by atoms with Crippen molar-refractivity contribution in [1.29, 1.82) is 0 Å². The van der Waals surface area contributed by atoms with Crippen LogP contribution in [0.15, 0.2) is 70.7 Å². The Labute approximate surface area is 208 Å². The van der Waals surface area contributed by atoms with Crippen LogP contribution in [0, 0.1) is 0 Å². The summed E-state index contributed by atoms with van der Waals surface area (Å²) >= 11 is 5.04. The Hall–Kier alpha value is -4.25. The van der Waals surface area contributed by atoms with E-state index in [0.29, 0.717) is 16.9 Å². The average Bonchev–Trinajstić information content (AvgIpc) is 3.30. The highest BCUT2D eigenvalue weighted by Gasteiger charge is 2.36. The highest BCUT2D eigenvalue weighted by Crippen LogP contribution is 2.33. The van der Waals surface area contributed by atoms with E-state index in [1.54, 1.807) is 37.3 Å². The van der Waals surface area contributed by atoms with Gasteiger partial charge in [0.25, 0.3) is 11.8 Å². The maximum Gasteiger partial charge on any atom is 0.416 e. The van der Waals surface area contributed by atoms with Crippen molar-refractivity contribution < 1.29 is 36.7 Å². The second kappa shape index (κ2) is 9.78. The van der Waals surface area contributed by atoms with Crippen molar-refractivity contribution in [3.05, 3.63) is 83.1 Å². The van der Waals surface area contributed by atoms with Crippen LogP contribution >= 0.6 is 12.2 Å². The van der Waals surface area contributed by atoms with E-state index in [2.05, 4.69) is 5.32 Å². The van der Waals surface area contributed by atoms with Crippen molar-refractivity contribution in [2.75, 3.05) is 11.5 Å². The number of carbonyl (C=O) groups is 3. The van der Waals surface area contributed by atoms with Crippen molar-refractivity contribution >= 4 is 46.9 Å². The number of nitrogens with zero attached hydrogens (tertiary/aromatic N) is 1. The number of hydrogen-bond acceptors (Lipinski definition) is 6. The fraction of sp³-hybridized carbons (Fsp3) is 0.120. The molecule has 0 radical (unpaired) electrons. The maximum absolute atomic E-state index is 13.1. The first-order valence-electron chi connectivity index (χ1n) is 10.5. The number of amides is 2. The number of esters is 1. The molecule has 2 aromatic carbocycles. The summed E-state index contributed by atoms with van der Waals surface area (Å²) in [4.78, 5) is 38.2. The molecule has 4 rings (SSSR count). The summed E-state index contributed by atoms with van der Waals surface area (Å²) in [5.41, 5.74) is -0.502. The molecule has 1 N–H and O–H groups in total. The highest BCUT2D eigenvalue weighted by atomic mass is 32.1. The maximum atomic E-state index is 13.1. The van der Waals surface area contributed by atoms with Crippen molar-refractivity contribution in [3.63, 3.8) is 0 Å². The molecular weight excluding hydrogens is 497 g/mol. The number of benzene rings is 2. The van der Waals surface area contributed by atoms with E-state index in [0.717, 1.165) is 23.1 Å². The third-order valence-electron chi connectivity index (χ3n) is 5.13. The Balaban J connectivity index is 1.61. The molecule has 7 nitrogen and oxygen atoms in total. The Morgan fingerprint density at radius 3 is 2.50 bits per heavy atom. The monoisotopic (exact) mass is 514 g/mol. The van der Waals surface area contributed by atoms with E-state index in [9.17, 15) is 27.6 Å². The van der Waals surface area contributed by atoms with E-state index in [4.69, 9.17) is 21.4 Å². The van der Waals surface area contributed by atoms with Crippen LogP contribution in [0.3, 0.4) is 0 Å². The number of hydrogen-bond donors (Lipinski definition) is 1. The number of furan rings is 1. The van der Waals surface area contributed by atoms with Crippen LogP contribution < -0.4 is 10.2 Å². The molecule has 3 aromatic rings. The molecule has 184 valence electrons. The first-order valence-corrected chi connectivity index (χ1v) is 11.0. The minimum Gasteiger partial charge on any atom is -0.462 e. The fourth-order valence-corrected chi connectivity index (χ4v) is 3.71. The molecule has 36 heavy (non-hydrogen) atoms. The van der Waals surface area contributed by atoms with Gasteiger partial charge < -0.3 is 9.15 Å². The SMILES string of the molecule is CCOC(=O)c1ccc(-c2ccc(/C=C3\C(=O)NC(=S)N(c4cccc(C(F)(F)F)c4)C3=O)o2)cc1. The molecular formula is C25H17F3N2O5S. The summed E-state index contributed by atoms with van der Waals surface area (Å²) in [7, 11) is 0. The van der Waals surface area contributed by atoms with Gasteiger partial charge in [-0.05, 0) is 67.7 Å². The number of rotatable bonds is 5. The molecule has 1 saturated heterocycles. The number of thiocarbonyl (C=S) groups is 1. The second-order valence-electron chi connectivity index (χ2n) is 7.51. The van der Waals surface area contributed by atoms with Gasteiger partial charge in [0, 0.05) is 5.56 Å². The average molecular weight is 514 g/mol. The van der Waals surface area contributed by atoms with Crippen molar-refractivity contribution in [2.24, 2.45) is 0 Å². The standard InChI is InChI=1S/C25H17F3N2O5S/c1-2-34-23(33)15-8-6-14(7-9-15)20-11-10-18(35-20)13-19-21(31)29-24(36)30(22(19)32)17-5-3-4-16(12-17)25(26,27)28/h3-13H,2H2,1H3,(H,29,31,36)/b19-13+. The number of carbonyl (C=O) groups excluding carboxylic acids is 3. The summed E-state index contributed by atoms with van der Waals surface area (Å²) in [5.74, 6) is -1.63. The number of alkyl halides is 3. The van der Waals surface area contributed by atoms with Gasteiger partial charge in [-0.1, -0.05) is 18.2 Å². The minimum absolute atomic E-state index is 0.146. The van der Waals surface area contributed by atoms with Crippen molar-refractivity contribution in [1.82, 2.24) is 5.32 Å². The Morgan fingerprint density at radius 1 is 1.11 bits per heavy atom.